The molecule has 1 aliphatic carbocycles. The molecule has 0 unspecified atom stereocenters. The summed E-state index contributed by atoms with van der Waals surface area (Å²) in [5.74, 6) is 0.235. The fraction of sp³-hybridized carbons (Fsp3) is 0.444. The van der Waals surface area contributed by atoms with Gasteiger partial charge in [-0.3, -0.25) is 0 Å². The normalized spacial score (nSPS) is 17.5. The van der Waals surface area contributed by atoms with Crippen molar-refractivity contribution >= 4 is 0 Å². The van der Waals surface area contributed by atoms with Crippen molar-refractivity contribution in [3.63, 3.8) is 0 Å². The van der Waals surface area contributed by atoms with Crippen LogP contribution < -0.4 is 0 Å². The summed E-state index contributed by atoms with van der Waals surface area (Å²) in [6.45, 7) is 0. The number of alkyl halides is 3. The number of halogens is 3. The average Bonchev–Trinajstić information content (AvgIpc) is 2.85. The smallest absolute Gasteiger partial charge is 0.248 e. The molecule has 0 saturated heterocycles. The summed E-state index contributed by atoms with van der Waals surface area (Å²) in [4.78, 5) is 3.55. The molecule has 1 fully saturated rings. The maximum atomic E-state index is 12.2. The van der Waals surface area contributed by atoms with E-state index in [1.54, 1.807) is 0 Å². The van der Waals surface area contributed by atoms with E-state index in [0.717, 1.165) is 18.9 Å². The highest BCUT2D eigenvalue weighted by molar-refractivity contribution is 5.19. The van der Waals surface area contributed by atoms with E-state index >= 15 is 0 Å². The van der Waals surface area contributed by atoms with E-state index < -0.39 is 11.9 Å². The van der Waals surface area contributed by atoms with Crippen LogP contribution in [0.4, 0.5) is 13.2 Å². The van der Waals surface area contributed by atoms with Crippen molar-refractivity contribution in [3.05, 3.63) is 29.6 Å². The lowest BCUT2D eigenvalue weighted by molar-refractivity contribution is -0.141. The molecule has 13 heavy (non-hydrogen) atoms. The fourth-order valence-electron chi connectivity index (χ4n) is 1.14. The second-order valence-electron chi connectivity index (χ2n) is 3.15. The Kier molecular flexibility index (Phi) is 1.78. The van der Waals surface area contributed by atoms with Crippen molar-refractivity contribution in [3.8, 4) is 0 Å². The molecule has 0 aromatic carbocycles. The monoisotopic (exact) mass is 186 g/mol. The van der Waals surface area contributed by atoms with Crippen molar-refractivity contribution in [2.45, 2.75) is 24.9 Å². The molecule has 1 aromatic rings. The van der Waals surface area contributed by atoms with Crippen molar-refractivity contribution in [1.82, 2.24) is 4.98 Å². The van der Waals surface area contributed by atoms with E-state index in [-0.39, 0.29) is 5.92 Å². The van der Waals surface area contributed by atoms with Crippen LogP contribution in [-0.2, 0) is 6.18 Å². The Morgan fingerprint density at radius 1 is 1.31 bits per heavy atom. The second-order valence-corrected chi connectivity index (χ2v) is 3.15. The topological polar surface area (TPSA) is 12.9 Å². The minimum absolute atomic E-state index is 0.235. The van der Waals surface area contributed by atoms with Gasteiger partial charge in [-0.15, -0.1) is 0 Å². The first-order valence-electron chi connectivity index (χ1n) is 4.02. The van der Waals surface area contributed by atoms with Gasteiger partial charge in [0.1, 0.15) is 5.69 Å². The third kappa shape index (κ3) is 1.82. The molecule has 0 N–H and O–H groups in total. The number of aromatic nitrogens is 1. The van der Waals surface area contributed by atoms with E-state index in [0.29, 0.717) is 5.69 Å². The molecule has 1 aromatic heterocycles. The molecule has 1 aliphatic rings. The van der Waals surface area contributed by atoms with Crippen molar-refractivity contribution in [1.29, 1.82) is 0 Å². The lowest BCUT2D eigenvalue weighted by Gasteiger charge is -2.06. The largest absolute Gasteiger partial charge is 0.433 e. The van der Waals surface area contributed by atoms with Gasteiger partial charge in [-0.25, -0.2) is 4.98 Å². The third-order valence-electron chi connectivity index (χ3n) is 1.99. The Hall–Kier alpha value is -1.06. The Bertz CT molecular complexity index is 315. The van der Waals surface area contributed by atoms with Gasteiger partial charge in [0.15, 0.2) is 0 Å². The molecule has 69 valence electrons. The first-order valence-corrected chi connectivity index (χ1v) is 4.02. The SMILES string of the molecule is FC(F)(F)c1c[c]cc(C2CC2)n1. The molecule has 0 amide bonds. The molecule has 4 heteroatoms. The van der Waals surface area contributed by atoms with Crippen LogP contribution >= 0.6 is 0 Å². The van der Waals surface area contributed by atoms with Crippen molar-refractivity contribution in [2.75, 3.05) is 0 Å². The summed E-state index contributed by atoms with van der Waals surface area (Å²) < 4.78 is 36.5. The van der Waals surface area contributed by atoms with Gasteiger partial charge in [-0.05, 0) is 31.0 Å². The third-order valence-corrected chi connectivity index (χ3v) is 1.99. The van der Waals surface area contributed by atoms with Gasteiger partial charge < -0.3 is 0 Å². The summed E-state index contributed by atoms with van der Waals surface area (Å²) in [6.07, 6.45) is -2.45. The van der Waals surface area contributed by atoms with Gasteiger partial charge in [0.2, 0.25) is 0 Å². The summed E-state index contributed by atoms with van der Waals surface area (Å²) in [5, 5.41) is 0. The van der Waals surface area contributed by atoms with Crippen LogP contribution in [-0.4, -0.2) is 4.98 Å². The fourth-order valence-corrected chi connectivity index (χ4v) is 1.14. The zero-order chi connectivity index (χ0) is 9.47. The van der Waals surface area contributed by atoms with E-state index in [2.05, 4.69) is 11.1 Å². The molecule has 2 rings (SSSR count). The second kappa shape index (κ2) is 2.72. The van der Waals surface area contributed by atoms with E-state index in [9.17, 15) is 13.2 Å². The standard InChI is InChI=1S/C9H7F3N/c10-9(11,12)8-3-1-2-7(13-8)6-4-5-6/h2-3,6H,4-5H2. The molecular weight excluding hydrogens is 179 g/mol. The maximum absolute atomic E-state index is 12.2. The van der Waals surface area contributed by atoms with Crippen LogP contribution in [0.3, 0.4) is 0 Å². The predicted octanol–water partition coefficient (Wildman–Crippen LogP) is 2.78. The number of hydrogen-bond acceptors (Lipinski definition) is 1. The number of pyridine rings is 1. The summed E-state index contributed by atoms with van der Waals surface area (Å²) in [7, 11) is 0. The minimum Gasteiger partial charge on any atom is -0.248 e. The van der Waals surface area contributed by atoms with Crippen LogP contribution in [0.15, 0.2) is 12.1 Å². The summed E-state index contributed by atoms with van der Waals surface area (Å²) >= 11 is 0. The Morgan fingerprint density at radius 3 is 2.54 bits per heavy atom. The molecule has 0 aliphatic heterocycles. The summed E-state index contributed by atoms with van der Waals surface area (Å²) in [5.41, 5.74) is -0.313. The Balaban J connectivity index is 2.32. The molecule has 1 radical (unpaired) electrons. The van der Waals surface area contributed by atoms with Gasteiger partial charge >= 0.3 is 6.18 Å². The van der Waals surface area contributed by atoms with Crippen LogP contribution in [0.2, 0.25) is 0 Å². The van der Waals surface area contributed by atoms with E-state index in [4.69, 9.17) is 0 Å². The zero-order valence-electron chi connectivity index (χ0n) is 6.73. The maximum Gasteiger partial charge on any atom is 0.433 e. The Labute approximate surface area is 73.6 Å². The number of nitrogens with zero attached hydrogens (tertiary/aromatic N) is 1. The highest BCUT2D eigenvalue weighted by Crippen LogP contribution is 2.39. The van der Waals surface area contributed by atoms with Crippen LogP contribution in [0.25, 0.3) is 0 Å². The Morgan fingerprint density at radius 2 is 2.00 bits per heavy atom. The molecule has 1 nitrogen and oxygen atoms in total. The van der Waals surface area contributed by atoms with Gasteiger partial charge in [0.25, 0.3) is 0 Å². The summed E-state index contributed by atoms with van der Waals surface area (Å²) in [6, 6.07) is 4.89. The minimum atomic E-state index is -4.35. The van der Waals surface area contributed by atoms with Gasteiger partial charge in [0.05, 0.1) is 0 Å². The molecule has 1 saturated carbocycles. The lowest BCUT2D eigenvalue weighted by atomic mass is 10.2. The lowest BCUT2D eigenvalue weighted by Crippen LogP contribution is -2.08. The van der Waals surface area contributed by atoms with Crippen LogP contribution in [0.1, 0.15) is 30.1 Å². The van der Waals surface area contributed by atoms with Gasteiger partial charge in [-0.1, -0.05) is 0 Å². The molecular formula is C9H7F3N. The zero-order valence-corrected chi connectivity index (χ0v) is 6.73. The molecule has 0 bridgehead atoms. The van der Waals surface area contributed by atoms with E-state index in [1.807, 2.05) is 0 Å². The van der Waals surface area contributed by atoms with Crippen LogP contribution in [0.5, 0.6) is 0 Å². The number of hydrogen-bond donors (Lipinski definition) is 0. The average molecular weight is 186 g/mol. The quantitative estimate of drug-likeness (QED) is 0.657. The first-order chi connectivity index (χ1) is 6.07. The van der Waals surface area contributed by atoms with Gasteiger partial charge in [-0.2, -0.15) is 13.2 Å². The predicted molar refractivity (Wildman–Crippen MR) is 40.1 cm³/mol. The highest BCUT2D eigenvalue weighted by Gasteiger charge is 2.34. The van der Waals surface area contributed by atoms with E-state index in [1.165, 1.54) is 6.07 Å². The molecule has 0 atom stereocenters. The van der Waals surface area contributed by atoms with Crippen molar-refractivity contribution in [2.24, 2.45) is 0 Å². The van der Waals surface area contributed by atoms with Crippen molar-refractivity contribution < 1.29 is 13.2 Å². The molecule has 0 spiro atoms. The molecule has 1 heterocycles. The van der Waals surface area contributed by atoms with Gasteiger partial charge in [0, 0.05) is 11.6 Å². The number of rotatable bonds is 1. The highest BCUT2D eigenvalue weighted by atomic mass is 19.4. The first kappa shape index (κ1) is 8.53. The van der Waals surface area contributed by atoms with Crippen LogP contribution in [0, 0.1) is 6.07 Å².